The van der Waals surface area contributed by atoms with E-state index in [2.05, 4.69) is 5.32 Å². The van der Waals surface area contributed by atoms with Gasteiger partial charge in [0, 0.05) is 15.5 Å². The number of anilines is 1. The van der Waals surface area contributed by atoms with E-state index < -0.39 is 0 Å². The van der Waals surface area contributed by atoms with Crippen molar-refractivity contribution in [3.8, 4) is 5.75 Å². The highest BCUT2D eigenvalue weighted by Gasteiger charge is 2.20. The summed E-state index contributed by atoms with van der Waals surface area (Å²) >= 11 is 7.39. The standard InChI is InChI=1S/C22H16ClNO2S/c23-17-11-9-15(10-12-17)14-26-19-7-3-1-5-16(19)13-21-22(25)24-18-6-2-4-8-20(18)27-21/h1-13H,14H2,(H,24,25)/b21-13-. The molecule has 27 heavy (non-hydrogen) atoms. The van der Waals surface area contributed by atoms with Gasteiger partial charge in [0.15, 0.2) is 0 Å². The number of benzene rings is 3. The molecule has 3 aromatic rings. The highest BCUT2D eigenvalue weighted by atomic mass is 35.5. The number of hydrogen-bond acceptors (Lipinski definition) is 3. The van der Waals surface area contributed by atoms with Crippen LogP contribution in [0.25, 0.3) is 6.08 Å². The van der Waals surface area contributed by atoms with Crippen molar-refractivity contribution in [1.82, 2.24) is 0 Å². The van der Waals surface area contributed by atoms with Crippen molar-refractivity contribution >= 4 is 41.0 Å². The monoisotopic (exact) mass is 393 g/mol. The van der Waals surface area contributed by atoms with Crippen LogP contribution < -0.4 is 10.1 Å². The fraction of sp³-hybridized carbons (Fsp3) is 0.0455. The summed E-state index contributed by atoms with van der Waals surface area (Å²) in [7, 11) is 0. The minimum Gasteiger partial charge on any atom is -0.488 e. The van der Waals surface area contributed by atoms with Crippen LogP contribution in [0.4, 0.5) is 5.69 Å². The number of ether oxygens (including phenoxy) is 1. The molecule has 5 heteroatoms. The Labute approximate surface area is 167 Å². The molecule has 0 aliphatic carbocycles. The van der Waals surface area contributed by atoms with Gasteiger partial charge in [0.1, 0.15) is 12.4 Å². The molecule has 0 saturated carbocycles. The zero-order valence-electron chi connectivity index (χ0n) is 14.3. The number of thioether (sulfide) groups is 1. The van der Waals surface area contributed by atoms with Crippen molar-refractivity contribution in [2.75, 3.05) is 5.32 Å². The predicted molar refractivity (Wildman–Crippen MR) is 111 cm³/mol. The van der Waals surface area contributed by atoms with Crippen LogP contribution >= 0.6 is 23.4 Å². The Balaban J connectivity index is 1.57. The first-order valence-electron chi connectivity index (χ1n) is 8.45. The average molecular weight is 394 g/mol. The summed E-state index contributed by atoms with van der Waals surface area (Å²) < 4.78 is 5.98. The summed E-state index contributed by atoms with van der Waals surface area (Å²) in [6.07, 6.45) is 1.87. The Bertz CT molecular complexity index is 1010. The minimum absolute atomic E-state index is 0.105. The largest absolute Gasteiger partial charge is 0.488 e. The van der Waals surface area contributed by atoms with Crippen molar-refractivity contribution < 1.29 is 9.53 Å². The number of amides is 1. The smallest absolute Gasteiger partial charge is 0.262 e. The molecule has 0 aromatic heterocycles. The molecule has 3 aromatic carbocycles. The number of hydrogen-bond donors (Lipinski definition) is 1. The van der Waals surface area contributed by atoms with E-state index in [1.165, 1.54) is 11.8 Å². The maximum Gasteiger partial charge on any atom is 0.262 e. The zero-order valence-corrected chi connectivity index (χ0v) is 15.9. The molecule has 4 rings (SSSR count). The SMILES string of the molecule is O=C1Nc2ccccc2S/C1=C\c1ccccc1OCc1ccc(Cl)cc1. The van der Waals surface area contributed by atoms with Crippen LogP contribution in [0.5, 0.6) is 5.75 Å². The molecule has 0 unspecified atom stereocenters. The van der Waals surface area contributed by atoms with Crippen LogP contribution in [-0.2, 0) is 11.4 Å². The lowest BCUT2D eigenvalue weighted by molar-refractivity contribution is -0.112. The molecule has 3 nitrogen and oxygen atoms in total. The first-order valence-corrected chi connectivity index (χ1v) is 9.65. The molecule has 1 heterocycles. The topological polar surface area (TPSA) is 38.3 Å². The molecule has 0 fully saturated rings. The Morgan fingerprint density at radius 2 is 1.70 bits per heavy atom. The Morgan fingerprint density at radius 3 is 2.56 bits per heavy atom. The van der Waals surface area contributed by atoms with Crippen molar-refractivity contribution in [3.05, 3.63) is 93.9 Å². The van der Waals surface area contributed by atoms with Crippen molar-refractivity contribution in [3.63, 3.8) is 0 Å². The van der Waals surface area contributed by atoms with E-state index in [1.807, 2.05) is 78.9 Å². The molecule has 1 N–H and O–H groups in total. The van der Waals surface area contributed by atoms with E-state index in [0.717, 1.165) is 27.5 Å². The third kappa shape index (κ3) is 4.18. The molecule has 0 saturated heterocycles. The average Bonchev–Trinajstić information content (AvgIpc) is 2.69. The third-order valence-corrected chi connectivity index (χ3v) is 5.44. The predicted octanol–water partition coefficient (Wildman–Crippen LogP) is 6.00. The second-order valence-electron chi connectivity index (χ2n) is 6.01. The molecule has 1 aliphatic rings. The second-order valence-corrected chi connectivity index (χ2v) is 7.53. The zero-order chi connectivity index (χ0) is 18.6. The molecule has 0 bridgehead atoms. The van der Waals surface area contributed by atoms with E-state index in [4.69, 9.17) is 16.3 Å². The van der Waals surface area contributed by atoms with Gasteiger partial charge in [0.25, 0.3) is 5.91 Å². The van der Waals surface area contributed by atoms with E-state index >= 15 is 0 Å². The number of fused-ring (bicyclic) bond motifs is 1. The molecule has 1 amide bonds. The third-order valence-electron chi connectivity index (χ3n) is 4.09. The quantitative estimate of drug-likeness (QED) is 0.552. The van der Waals surface area contributed by atoms with Crippen molar-refractivity contribution in [1.29, 1.82) is 0 Å². The number of nitrogens with one attached hydrogen (secondary N) is 1. The lowest BCUT2D eigenvalue weighted by atomic mass is 10.1. The fourth-order valence-corrected chi connectivity index (χ4v) is 3.78. The van der Waals surface area contributed by atoms with Gasteiger partial charge in [0.2, 0.25) is 0 Å². The lowest BCUT2D eigenvalue weighted by Gasteiger charge is -2.18. The molecular weight excluding hydrogens is 378 g/mol. The van der Waals surface area contributed by atoms with Crippen LogP contribution in [0.1, 0.15) is 11.1 Å². The molecular formula is C22H16ClNO2S. The number of carbonyl (C=O) groups excluding carboxylic acids is 1. The van der Waals surface area contributed by atoms with Crippen LogP contribution in [0.15, 0.2) is 82.6 Å². The number of halogens is 1. The maximum absolute atomic E-state index is 12.4. The van der Waals surface area contributed by atoms with Gasteiger partial charge in [-0.05, 0) is 42.0 Å². The summed E-state index contributed by atoms with van der Waals surface area (Å²) in [4.78, 5) is 14.1. The lowest BCUT2D eigenvalue weighted by Crippen LogP contribution is -2.17. The van der Waals surface area contributed by atoms with Crippen molar-refractivity contribution in [2.24, 2.45) is 0 Å². The van der Waals surface area contributed by atoms with E-state index in [1.54, 1.807) is 0 Å². The van der Waals surface area contributed by atoms with E-state index in [-0.39, 0.29) is 5.91 Å². The Hall–Kier alpha value is -2.69. The van der Waals surface area contributed by atoms with Gasteiger partial charge in [-0.15, -0.1) is 0 Å². The highest BCUT2D eigenvalue weighted by Crippen LogP contribution is 2.39. The van der Waals surface area contributed by atoms with Crippen LogP contribution in [-0.4, -0.2) is 5.91 Å². The molecule has 0 radical (unpaired) electrons. The van der Waals surface area contributed by atoms with Gasteiger partial charge in [-0.1, -0.05) is 65.8 Å². The first kappa shape index (κ1) is 17.7. The molecule has 134 valence electrons. The Kier molecular flexibility index (Phi) is 5.19. The van der Waals surface area contributed by atoms with Gasteiger partial charge in [0.05, 0.1) is 10.6 Å². The van der Waals surface area contributed by atoms with E-state index in [9.17, 15) is 4.79 Å². The number of carbonyl (C=O) groups is 1. The van der Waals surface area contributed by atoms with E-state index in [0.29, 0.717) is 16.5 Å². The van der Waals surface area contributed by atoms with Crippen LogP contribution in [0, 0.1) is 0 Å². The summed E-state index contributed by atoms with van der Waals surface area (Å²) in [5.41, 5.74) is 2.74. The van der Waals surface area contributed by atoms with Crippen molar-refractivity contribution in [2.45, 2.75) is 11.5 Å². The normalized spacial score (nSPS) is 14.6. The van der Waals surface area contributed by atoms with Crippen LogP contribution in [0.2, 0.25) is 5.02 Å². The molecule has 0 spiro atoms. The van der Waals surface area contributed by atoms with Gasteiger partial charge in [-0.25, -0.2) is 0 Å². The minimum atomic E-state index is -0.105. The van der Waals surface area contributed by atoms with Gasteiger partial charge >= 0.3 is 0 Å². The maximum atomic E-state index is 12.4. The first-order chi connectivity index (χ1) is 13.2. The molecule has 1 aliphatic heterocycles. The number of para-hydroxylation sites is 2. The Morgan fingerprint density at radius 1 is 0.963 bits per heavy atom. The second kappa shape index (κ2) is 7.91. The summed E-state index contributed by atoms with van der Waals surface area (Å²) in [5, 5.41) is 3.63. The van der Waals surface area contributed by atoms with Gasteiger partial charge in [-0.2, -0.15) is 0 Å². The van der Waals surface area contributed by atoms with Gasteiger partial charge in [-0.3, -0.25) is 4.79 Å². The van der Waals surface area contributed by atoms with Crippen LogP contribution in [0.3, 0.4) is 0 Å². The van der Waals surface area contributed by atoms with Gasteiger partial charge < -0.3 is 10.1 Å². The molecule has 0 atom stereocenters. The summed E-state index contributed by atoms with van der Waals surface area (Å²) in [5.74, 6) is 0.624. The highest BCUT2D eigenvalue weighted by molar-refractivity contribution is 8.04. The summed E-state index contributed by atoms with van der Waals surface area (Å²) in [6, 6.07) is 23.0. The number of rotatable bonds is 4. The fourth-order valence-electron chi connectivity index (χ4n) is 2.72. The summed E-state index contributed by atoms with van der Waals surface area (Å²) in [6.45, 7) is 0.430.